The van der Waals surface area contributed by atoms with Crippen molar-refractivity contribution in [3.05, 3.63) is 29.8 Å². The molecule has 0 unspecified atom stereocenters. The van der Waals surface area contributed by atoms with E-state index in [0.29, 0.717) is 5.56 Å². The number of hydrogen-bond acceptors (Lipinski definition) is 1. The maximum absolute atomic E-state index is 12.4. The van der Waals surface area contributed by atoms with Gasteiger partial charge in [0, 0.05) is 5.88 Å². The Bertz CT molecular complexity index is 312. The standard InChI is InChI=1S/C9H7ClF4O/c10-5-6-1-3-7(4-2-6)15-9(13,14)8(11)12/h1-4,8H,5H2. The van der Waals surface area contributed by atoms with Crippen molar-refractivity contribution in [2.45, 2.75) is 18.4 Å². The zero-order valence-corrected chi connectivity index (χ0v) is 8.15. The molecular weight excluding hydrogens is 236 g/mol. The van der Waals surface area contributed by atoms with Crippen LogP contribution in [-0.4, -0.2) is 12.5 Å². The maximum Gasteiger partial charge on any atom is 0.461 e. The van der Waals surface area contributed by atoms with Crippen LogP contribution in [0, 0.1) is 0 Å². The molecule has 84 valence electrons. The smallest absolute Gasteiger partial charge is 0.428 e. The van der Waals surface area contributed by atoms with Crippen LogP contribution < -0.4 is 4.74 Å². The van der Waals surface area contributed by atoms with Gasteiger partial charge in [0.25, 0.3) is 0 Å². The first-order valence-electron chi connectivity index (χ1n) is 3.95. The van der Waals surface area contributed by atoms with E-state index in [1.54, 1.807) is 0 Å². The van der Waals surface area contributed by atoms with Gasteiger partial charge in [-0.25, -0.2) is 0 Å². The summed E-state index contributed by atoms with van der Waals surface area (Å²) < 4.78 is 52.2. The molecule has 1 nitrogen and oxygen atoms in total. The Morgan fingerprint density at radius 2 is 1.73 bits per heavy atom. The molecule has 0 spiro atoms. The first-order valence-corrected chi connectivity index (χ1v) is 4.49. The fourth-order valence-electron chi connectivity index (χ4n) is 0.848. The van der Waals surface area contributed by atoms with Gasteiger partial charge in [-0.05, 0) is 17.7 Å². The monoisotopic (exact) mass is 242 g/mol. The molecule has 15 heavy (non-hydrogen) atoms. The molecule has 0 atom stereocenters. The average molecular weight is 243 g/mol. The summed E-state index contributed by atoms with van der Waals surface area (Å²) in [6, 6.07) is 5.16. The highest BCUT2D eigenvalue weighted by Crippen LogP contribution is 2.27. The Kier molecular flexibility index (Phi) is 3.79. The molecular formula is C9H7ClF4O. The molecule has 0 amide bonds. The SMILES string of the molecule is FC(F)C(F)(F)Oc1ccc(CCl)cc1. The minimum atomic E-state index is -4.47. The van der Waals surface area contributed by atoms with Gasteiger partial charge in [-0.1, -0.05) is 12.1 Å². The summed E-state index contributed by atoms with van der Waals surface area (Å²) in [5.74, 6) is -0.111. The third-order valence-corrected chi connectivity index (χ3v) is 1.89. The lowest BCUT2D eigenvalue weighted by Gasteiger charge is -2.16. The van der Waals surface area contributed by atoms with Gasteiger partial charge in [-0.3, -0.25) is 0 Å². The second kappa shape index (κ2) is 4.70. The quantitative estimate of drug-likeness (QED) is 0.578. The highest BCUT2D eigenvalue weighted by atomic mass is 35.5. The largest absolute Gasteiger partial charge is 0.461 e. The lowest BCUT2D eigenvalue weighted by Crippen LogP contribution is -2.33. The van der Waals surface area contributed by atoms with E-state index in [0.717, 1.165) is 12.1 Å². The maximum atomic E-state index is 12.4. The summed E-state index contributed by atoms with van der Waals surface area (Å²) in [6.45, 7) is 0. The van der Waals surface area contributed by atoms with Crippen molar-refractivity contribution >= 4 is 11.6 Å². The van der Waals surface area contributed by atoms with Crippen molar-refractivity contribution in [3.63, 3.8) is 0 Å². The van der Waals surface area contributed by atoms with Crippen molar-refractivity contribution in [2.24, 2.45) is 0 Å². The Morgan fingerprint density at radius 3 is 2.13 bits per heavy atom. The van der Waals surface area contributed by atoms with Crippen LogP contribution in [0.15, 0.2) is 24.3 Å². The van der Waals surface area contributed by atoms with E-state index in [2.05, 4.69) is 4.74 Å². The number of hydrogen-bond donors (Lipinski definition) is 0. The molecule has 6 heteroatoms. The highest BCUT2D eigenvalue weighted by Gasteiger charge is 2.43. The van der Waals surface area contributed by atoms with E-state index in [1.807, 2.05) is 0 Å². The summed E-state index contributed by atoms with van der Waals surface area (Å²) in [7, 11) is 0. The van der Waals surface area contributed by atoms with Crippen LogP contribution in [0.1, 0.15) is 5.56 Å². The molecule has 1 aromatic carbocycles. The molecule has 0 aliphatic rings. The zero-order valence-electron chi connectivity index (χ0n) is 7.39. The van der Waals surface area contributed by atoms with Gasteiger partial charge < -0.3 is 4.74 Å². The van der Waals surface area contributed by atoms with E-state index in [9.17, 15) is 17.6 Å². The lowest BCUT2D eigenvalue weighted by atomic mass is 10.2. The number of alkyl halides is 5. The second-order valence-electron chi connectivity index (χ2n) is 2.74. The molecule has 0 aromatic heterocycles. The normalized spacial score (nSPS) is 11.9. The number of ether oxygens (including phenoxy) is 1. The van der Waals surface area contributed by atoms with Crippen LogP contribution in [0.2, 0.25) is 0 Å². The van der Waals surface area contributed by atoms with Gasteiger partial charge in [0.05, 0.1) is 0 Å². The first kappa shape index (κ1) is 12.1. The highest BCUT2D eigenvalue weighted by molar-refractivity contribution is 6.17. The van der Waals surface area contributed by atoms with Gasteiger partial charge in [-0.2, -0.15) is 17.6 Å². The van der Waals surface area contributed by atoms with E-state index >= 15 is 0 Å². The van der Waals surface area contributed by atoms with Crippen LogP contribution in [0.25, 0.3) is 0 Å². The Labute approximate surface area is 88.6 Å². The molecule has 0 heterocycles. The van der Waals surface area contributed by atoms with Crippen LogP contribution in [0.4, 0.5) is 17.6 Å². The molecule has 0 saturated heterocycles. The van der Waals surface area contributed by atoms with Gasteiger partial charge >= 0.3 is 12.5 Å². The van der Waals surface area contributed by atoms with Crippen molar-refractivity contribution in [1.82, 2.24) is 0 Å². The molecule has 1 rings (SSSR count). The first-order chi connectivity index (χ1) is 6.95. The molecule has 0 saturated carbocycles. The summed E-state index contributed by atoms with van der Waals surface area (Å²) in [5.41, 5.74) is 0.685. The number of rotatable bonds is 4. The summed E-state index contributed by atoms with van der Waals surface area (Å²) >= 11 is 5.45. The van der Waals surface area contributed by atoms with Crippen molar-refractivity contribution < 1.29 is 22.3 Å². The van der Waals surface area contributed by atoms with E-state index in [4.69, 9.17) is 11.6 Å². The second-order valence-corrected chi connectivity index (χ2v) is 3.01. The van der Waals surface area contributed by atoms with Crippen LogP contribution in [0.3, 0.4) is 0 Å². The third-order valence-electron chi connectivity index (χ3n) is 1.59. The molecule has 0 N–H and O–H groups in total. The number of halogens is 5. The van der Waals surface area contributed by atoms with E-state index < -0.39 is 12.5 Å². The molecule has 0 aliphatic heterocycles. The van der Waals surface area contributed by atoms with Crippen molar-refractivity contribution in [2.75, 3.05) is 0 Å². The van der Waals surface area contributed by atoms with Crippen LogP contribution >= 0.6 is 11.6 Å². The van der Waals surface area contributed by atoms with E-state index in [-0.39, 0.29) is 11.6 Å². The van der Waals surface area contributed by atoms with Gasteiger partial charge in [-0.15, -0.1) is 11.6 Å². The van der Waals surface area contributed by atoms with Crippen molar-refractivity contribution in [3.8, 4) is 5.75 Å². The Morgan fingerprint density at radius 1 is 1.20 bits per heavy atom. The summed E-state index contributed by atoms with van der Waals surface area (Å²) in [6.07, 6.45) is -8.33. The van der Waals surface area contributed by atoms with Crippen LogP contribution in [0.5, 0.6) is 5.75 Å². The Hall–Kier alpha value is -0.970. The fraction of sp³-hybridized carbons (Fsp3) is 0.333. The van der Waals surface area contributed by atoms with E-state index in [1.165, 1.54) is 12.1 Å². The topological polar surface area (TPSA) is 9.23 Å². The molecule has 0 fully saturated rings. The van der Waals surface area contributed by atoms with Gasteiger partial charge in [0.1, 0.15) is 5.75 Å². The van der Waals surface area contributed by atoms with Crippen LogP contribution in [-0.2, 0) is 5.88 Å². The molecule has 1 aromatic rings. The van der Waals surface area contributed by atoms with Crippen molar-refractivity contribution in [1.29, 1.82) is 0 Å². The minimum absolute atomic E-state index is 0.214. The third kappa shape index (κ3) is 3.27. The average Bonchev–Trinajstić information content (AvgIpc) is 2.18. The van der Waals surface area contributed by atoms with Gasteiger partial charge in [0.2, 0.25) is 0 Å². The summed E-state index contributed by atoms with van der Waals surface area (Å²) in [4.78, 5) is 0. The Balaban J connectivity index is 2.73. The number of benzene rings is 1. The predicted octanol–water partition coefficient (Wildman–Crippen LogP) is 3.66. The zero-order chi connectivity index (χ0) is 11.5. The predicted molar refractivity (Wildman–Crippen MR) is 47.6 cm³/mol. The lowest BCUT2D eigenvalue weighted by molar-refractivity contribution is -0.253. The molecule has 0 bridgehead atoms. The van der Waals surface area contributed by atoms with Gasteiger partial charge in [0.15, 0.2) is 0 Å². The fourth-order valence-corrected chi connectivity index (χ4v) is 1.03. The summed E-state index contributed by atoms with van der Waals surface area (Å²) in [5, 5.41) is 0. The minimum Gasteiger partial charge on any atom is -0.428 e. The molecule has 0 radical (unpaired) electrons. The molecule has 0 aliphatic carbocycles.